The standard InChI is InChI=1S/C25H20Cl2FN3O6S.C19H14BrCl2FO4S/c1-13(32)29-19-10-11-31(25(35)30-19)22-20(28)21(37-24(34)15-4-8-17(27)9-5-15)18(38-22)12-36-23(33)14-2-6-16(26)7-3-14;20-17-15(23)16(27-19(25)11-3-7-13(22)8-4-11)14(28-17)9-26-18(24)10-1-5-12(21)6-2-10/h2-11,18,20-22H,12H2,1H3,(H,29,30,32,35);1-8,14-17H,9H2/t18-,20+,21-,22-;14-,15+,16-,17+/m11/s1. The summed E-state index contributed by atoms with van der Waals surface area (Å²) in [4.78, 5) is 77.4. The van der Waals surface area contributed by atoms with Crippen LogP contribution in [0.1, 0.15) is 53.7 Å². The van der Waals surface area contributed by atoms with E-state index in [1.165, 1.54) is 104 Å². The Morgan fingerprint density at radius 3 is 1.39 bits per heavy atom. The largest absolute Gasteiger partial charge is 0.461 e. The van der Waals surface area contributed by atoms with Crippen LogP contribution in [0.15, 0.2) is 114 Å². The Balaban J connectivity index is 0.000000229. The second kappa shape index (κ2) is 23.4. The van der Waals surface area contributed by atoms with E-state index in [0.717, 1.165) is 16.3 Å². The third-order valence-corrected chi connectivity index (χ3v) is 14.4. The van der Waals surface area contributed by atoms with Gasteiger partial charge < -0.3 is 24.3 Å². The maximum Gasteiger partial charge on any atom is 0.350 e. The van der Waals surface area contributed by atoms with Gasteiger partial charge in [0, 0.05) is 33.2 Å². The van der Waals surface area contributed by atoms with Crippen molar-refractivity contribution in [2.75, 3.05) is 18.5 Å². The van der Waals surface area contributed by atoms with Crippen LogP contribution in [0.4, 0.5) is 14.6 Å². The third kappa shape index (κ3) is 13.5. The number of nitrogens with one attached hydrogen (secondary N) is 1. The number of thioether (sulfide) groups is 2. The number of halogens is 7. The summed E-state index contributed by atoms with van der Waals surface area (Å²) in [6, 6.07) is 25.5. The van der Waals surface area contributed by atoms with Crippen molar-refractivity contribution in [2.45, 2.75) is 51.5 Å². The molecule has 1 aromatic heterocycles. The van der Waals surface area contributed by atoms with Crippen LogP contribution in [0.5, 0.6) is 0 Å². The number of anilines is 1. The van der Waals surface area contributed by atoms with E-state index >= 15 is 4.39 Å². The molecule has 0 unspecified atom stereocenters. The zero-order valence-electron chi connectivity index (χ0n) is 33.9. The molecule has 5 aromatic rings. The second-order valence-corrected chi connectivity index (χ2v) is 20.2. The molecule has 2 aliphatic rings. The second-order valence-electron chi connectivity index (χ2n) is 14.1. The van der Waals surface area contributed by atoms with Gasteiger partial charge in [-0.15, -0.1) is 23.5 Å². The molecule has 2 fully saturated rings. The van der Waals surface area contributed by atoms with Gasteiger partial charge in [-0.2, -0.15) is 4.98 Å². The highest BCUT2D eigenvalue weighted by molar-refractivity contribution is 9.11. The molecule has 0 bridgehead atoms. The number of amides is 1. The zero-order valence-corrected chi connectivity index (χ0v) is 40.1. The third-order valence-electron chi connectivity index (χ3n) is 9.47. The number of aromatic nitrogens is 2. The average Bonchev–Trinajstić information content (AvgIpc) is 3.74. The quantitative estimate of drug-likeness (QED) is 0.0712. The molecule has 7 rings (SSSR count). The van der Waals surface area contributed by atoms with E-state index in [2.05, 4.69) is 26.2 Å². The van der Waals surface area contributed by atoms with E-state index in [4.69, 9.17) is 65.4 Å². The number of esters is 4. The van der Waals surface area contributed by atoms with Gasteiger partial charge in [-0.3, -0.25) is 9.36 Å². The fourth-order valence-corrected chi connectivity index (χ4v) is 10.5. The smallest absolute Gasteiger partial charge is 0.350 e. The van der Waals surface area contributed by atoms with Gasteiger partial charge in [0.1, 0.15) is 24.4 Å². The fourth-order valence-electron chi connectivity index (χ4n) is 6.21. The monoisotopic (exact) mass is 1080 g/mol. The molecule has 1 N–H and O–H groups in total. The predicted octanol–water partition coefficient (Wildman–Crippen LogP) is 10.1. The van der Waals surface area contributed by atoms with Crippen molar-refractivity contribution in [3.63, 3.8) is 0 Å². The summed E-state index contributed by atoms with van der Waals surface area (Å²) >= 11 is 28.7. The molecule has 22 heteroatoms. The number of carbonyl (C=O) groups is 5. The van der Waals surface area contributed by atoms with Crippen molar-refractivity contribution in [1.29, 1.82) is 0 Å². The first-order valence-corrected chi connectivity index (χ1v) is 23.7. The number of benzene rings is 4. The summed E-state index contributed by atoms with van der Waals surface area (Å²) in [6.45, 7) is 0.841. The number of ether oxygens (including phenoxy) is 4. The van der Waals surface area contributed by atoms with Gasteiger partial charge in [0.15, 0.2) is 24.6 Å². The Morgan fingerprint density at radius 2 is 1.00 bits per heavy atom. The SMILES string of the molecule is CC(=O)Nc1ccn([C@@H]2S[C@H](COC(=O)c3ccc(Cl)cc3)[C@@H](OC(=O)c3ccc(Cl)cc3)[C@@H]2F)c(=O)n1.O=C(OC[C@H]1S[C@H](Br)[C@@H](F)[C@@H]1OC(=O)c1ccc(Cl)cc1)c1ccc(Cl)cc1. The number of hydrogen-bond donors (Lipinski definition) is 1. The van der Waals surface area contributed by atoms with E-state index in [-0.39, 0.29) is 35.7 Å². The van der Waals surface area contributed by atoms with E-state index < -0.39 is 80.1 Å². The van der Waals surface area contributed by atoms with E-state index in [1.54, 1.807) is 24.3 Å². The molecule has 0 radical (unpaired) electrons. The molecule has 2 saturated heterocycles. The van der Waals surface area contributed by atoms with Gasteiger partial charge in [-0.25, -0.2) is 32.8 Å². The minimum atomic E-state index is -1.86. The molecule has 3 heterocycles. The highest BCUT2D eigenvalue weighted by atomic mass is 79.9. The maximum atomic E-state index is 15.8. The summed E-state index contributed by atoms with van der Waals surface area (Å²) in [5.41, 5.74) is 0.142. The maximum absolute atomic E-state index is 15.8. The van der Waals surface area contributed by atoms with Gasteiger partial charge >= 0.3 is 29.6 Å². The molecular formula is C44H34BrCl4F2N3O10S2. The lowest BCUT2D eigenvalue weighted by Gasteiger charge is -2.21. The lowest BCUT2D eigenvalue weighted by Crippen LogP contribution is -2.37. The summed E-state index contributed by atoms with van der Waals surface area (Å²) < 4.78 is 52.3. The van der Waals surface area contributed by atoms with Gasteiger partial charge in [0.05, 0.1) is 36.9 Å². The minimum absolute atomic E-state index is 0.0105. The van der Waals surface area contributed by atoms with Gasteiger partial charge in [-0.05, 0) is 103 Å². The van der Waals surface area contributed by atoms with Crippen molar-refractivity contribution in [3.8, 4) is 0 Å². The molecule has 1 amide bonds. The lowest BCUT2D eigenvalue weighted by atomic mass is 10.1. The van der Waals surface area contributed by atoms with Crippen molar-refractivity contribution in [3.05, 3.63) is 162 Å². The molecular weight excluding hydrogens is 1050 g/mol. The lowest BCUT2D eigenvalue weighted by molar-refractivity contribution is -0.114. The van der Waals surface area contributed by atoms with Gasteiger partial charge in [0.2, 0.25) is 5.91 Å². The highest BCUT2D eigenvalue weighted by Crippen LogP contribution is 2.45. The van der Waals surface area contributed by atoms with Crippen molar-refractivity contribution >= 4 is 121 Å². The normalized spacial score (nSPS) is 22.0. The van der Waals surface area contributed by atoms with Crippen molar-refractivity contribution in [2.24, 2.45) is 0 Å². The molecule has 13 nitrogen and oxygen atoms in total. The number of hydrogen-bond acceptors (Lipinski definition) is 13. The molecule has 346 valence electrons. The number of nitrogens with zero attached hydrogens (tertiary/aromatic N) is 2. The van der Waals surface area contributed by atoms with Crippen LogP contribution in [-0.4, -0.2) is 91.8 Å². The molecule has 66 heavy (non-hydrogen) atoms. The average molecular weight is 1090 g/mol. The van der Waals surface area contributed by atoms with Crippen LogP contribution < -0.4 is 11.0 Å². The van der Waals surface area contributed by atoms with Gasteiger partial charge in [-0.1, -0.05) is 62.3 Å². The Kier molecular flexibility index (Phi) is 17.9. The van der Waals surface area contributed by atoms with Crippen molar-refractivity contribution < 1.29 is 51.7 Å². The summed E-state index contributed by atoms with van der Waals surface area (Å²) in [5.74, 6) is -3.13. The molecule has 4 aromatic carbocycles. The molecule has 0 spiro atoms. The van der Waals surface area contributed by atoms with Crippen LogP contribution in [0.2, 0.25) is 20.1 Å². The first-order valence-electron chi connectivity index (χ1n) is 19.4. The van der Waals surface area contributed by atoms with Crippen LogP contribution in [-0.2, 0) is 23.7 Å². The minimum Gasteiger partial charge on any atom is -0.461 e. The predicted molar refractivity (Wildman–Crippen MR) is 252 cm³/mol. The van der Waals surface area contributed by atoms with Crippen LogP contribution >= 0.6 is 85.9 Å². The van der Waals surface area contributed by atoms with Crippen LogP contribution in [0.3, 0.4) is 0 Å². The number of alkyl halides is 3. The molecule has 2 aliphatic heterocycles. The van der Waals surface area contributed by atoms with E-state index in [1.807, 2.05) is 0 Å². The zero-order chi connectivity index (χ0) is 47.7. The fraction of sp³-hybridized carbons (Fsp3) is 0.250. The Hall–Kier alpha value is -4.69. The van der Waals surface area contributed by atoms with E-state index in [0.29, 0.717) is 25.7 Å². The summed E-state index contributed by atoms with van der Waals surface area (Å²) in [5, 5.41) is 1.65. The number of rotatable bonds is 12. The Labute approximate surface area is 412 Å². The molecule has 8 atom stereocenters. The Bertz CT molecular complexity index is 2600. The number of carbonyl (C=O) groups excluding carboxylic acids is 5. The first-order chi connectivity index (χ1) is 31.5. The topological polar surface area (TPSA) is 169 Å². The van der Waals surface area contributed by atoms with Crippen LogP contribution in [0, 0.1) is 0 Å². The van der Waals surface area contributed by atoms with E-state index in [9.17, 15) is 33.2 Å². The summed E-state index contributed by atoms with van der Waals surface area (Å²) in [6.07, 6.45) is -4.45. The first kappa shape index (κ1) is 50.7. The Morgan fingerprint density at radius 1 is 0.621 bits per heavy atom. The van der Waals surface area contributed by atoms with Crippen LogP contribution in [0.25, 0.3) is 0 Å². The summed E-state index contributed by atoms with van der Waals surface area (Å²) in [7, 11) is 0. The highest BCUT2D eigenvalue weighted by Gasteiger charge is 2.49. The van der Waals surface area contributed by atoms with Crippen molar-refractivity contribution in [1.82, 2.24) is 9.55 Å². The molecule has 0 saturated carbocycles. The molecule has 0 aliphatic carbocycles. The van der Waals surface area contributed by atoms with Gasteiger partial charge in [0.25, 0.3) is 0 Å².